The molecule has 4 aromatic rings. The van der Waals surface area contributed by atoms with E-state index in [1.165, 1.54) is 24.0 Å². The topological polar surface area (TPSA) is 261 Å². The van der Waals surface area contributed by atoms with Crippen molar-refractivity contribution in [1.29, 1.82) is 0 Å². The highest BCUT2D eigenvalue weighted by Gasteiger charge is 2.47. The lowest BCUT2D eigenvalue weighted by Gasteiger charge is -2.48. The van der Waals surface area contributed by atoms with Crippen LogP contribution in [0.15, 0.2) is 73.1 Å². The fourth-order valence-corrected chi connectivity index (χ4v) is 17.4. The summed E-state index contributed by atoms with van der Waals surface area (Å²) >= 11 is 0. The second-order valence-electron chi connectivity index (χ2n) is 31.8. The zero-order chi connectivity index (χ0) is 72.4. The van der Waals surface area contributed by atoms with Crippen LogP contribution in [0.25, 0.3) is 0 Å². The Labute approximate surface area is 606 Å². The molecule has 1 spiro atoms. The molecular formula is C78H110F2N16O7. The minimum absolute atomic E-state index is 0.000386. The number of likely N-dealkylation sites (N-methyl/N-ethyl adjacent to an activating group) is 2. The molecule has 0 bridgehead atoms. The lowest BCUT2D eigenvalue weighted by Crippen LogP contribution is -2.66. The number of fused-ring (bicyclic) bond motifs is 2. The molecule has 558 valence electrons. The molecule has 8 atom stereocenters. The normalized spacial score (nSPS) is 24.0. The van der Waals surface area contributed by atoms with Crippen molar-refractivity contribution in [3.63, 3.8) is 0 Å². The molecule has 8 aliphatic rings. The number of amides is 7. The SMILES string of the molecule is CN[C@@H](C)C(=O)N[C@H](C(=O)N1C[C@@H](NC(=O)CCC(=O)NCCN(C)[C@@H]2C[C@@H]3CN(CCC(=O)NCc4cccc(CNc5cc(N6CCC7(CC6)CN(c6cc(F)c(CN8CCC(C)(C)CC8)cc6F)CC(=O)N7)ncn5)c4)C[C@@H]3C2)C[C@H]1C(=O)N[C@H]1CCCc2ccccc21)C1CCCCC1. The second-order valence-corrected chi connectivity index (χ2v) is 31.8. The molecule has 2 saturated carbocycles. The Balaban J connectivity index is 0.530. The Hall–Kier alpha value is -7.87. The summed E-state index contributed by atoms with van der Waals surface area (Å²) in [6.45, 7) is 14.6. The minimum atomic E-state index is -0.856. The zero-order valence-corrected chi connectivity index (χ0v) is 61.2. The minimum Gasteiger partial charge on any atom is -0.366 e. The number of aromatic nitrogens is 2. The van der Waals surface area contributed by atoms with Crippen LogP contribution in [0.4, 0.5) is 26.1 Å². The predicted octanol–water partition coefficient (Wildman–Crippen LogP) is 6.46. The summed E-state index contributed by atoms with van der Waals surface area (Å²) in [5, 5.41) is 25.2. The monoisotopic (exact) mass is 1420 g/mol. The number of aryl methyl sites for hydroxylation is 1. The van der Waals surface area contributed by atoms with Gasteiger partial charge in [0.2, 0.25) is 41.4 Å². The van der Waals surface area contributed by atoms with Gasteiger partial charge in [-0.2, -0.15) is 0 Å². The van der Waals surface area contributed by atoms with Gasteiger partial charge in [-0.15, -0.1) is 0 Å². The highest BCUT2D eigenvalue weighted by atomic mass is 19.1. The van der Waals surface area contributed by atoms with E-state index in [4.69, 9.17) is 0 Å². The van der Waals surface area contributed by atoms with Gasteiger partial charge in [-0.25, -0.2) is 18.7 Å². The molecule has 1 aromatic heterocycles. The largest absolute Gasteiger partial charge is 0.366 e. The standard InChI is InChI=1S/C78H110F2N16O7/c1-51(81-4)74(101)89-73(55-16-7-6-8-17-55)76(103)96-47-59(39-66(96)75(102)88-64-20-12-18-54-15-9-10-19-61(54)64)87-71(99)22-21-69(97)82-28-34-91(5)60-36-56-44-93(45-57(56)37-60)29-23-70(98)84-43-53-14-11-13-52(35-53)42-83-67-41-68(86-50-85-67)94-32-26-78(27-33-94)49-95(48-72(100)90-78)65-40-62(79)58(38-63(65)80)46-92-30-24-77(2,3)25-31-92/h9-11,13-15,19,35,38,40-41,50-51,55-57,59-60,64,66,73,81H,6-8,12,16-18,20-34,36-37,39,42-49H2,1-5H3,(H,82,97)(H,84,98)(H,87,99)(H,88,102)(H,89,101)(H,90,100)(H,83,85,86)/t51-,56-,57+,59-,60-,64-,66-,73-/m0/s1. The van der Waals surface area contributed by atoms with Crippen LogP contribution in [0, 0.1) is 34.8 Å². The van der Waals surface area contributed by atoms with Crippen LogP contribution >= 0.6 is 0 Å². The maximum absolute atomic E-state index is 15.8. The Morgan fingerprint density at radius 3 is 2.22 bits per heavy atom. The molecule has 3 aromatic carbocycles. The maximum atomic E-state index is 15.8. The molecule has 5 saturated heterocycles. The van der Waals surface area contributed by atoms with E-state index in [1.807, 2.05) is 36.4 Å². The van der Waals surface area contributed by atoms with E-state index in [1.54, 1.807) is 23.8 Å². The molecule has 0 radical (unpaired) electrons. The fourth-order valence-electron chi connectivity index (χ4n) is 17.4. The van der Waals surface area contributed by atoms with Gasteiger partial charge in [0.1, 0.15) is 41.7 Å². The molecule has 8 N–H and O–H groups in total. The van der Waals surface area contributed by atoms with E-state index in [0.29, 0.717) is 107 Å². The number of halogens is 2. The average Bonchev–Trinajstić information content (AvgIpc) is 1.47. The van der Waals surface area contributed by atoms with Gasteiger partial charge >= 0.3 is 0 Å². The van der Waals surface area contributed by atoms with Gasteiger partial charge in [-0.1, -0.05) is 81.6 Å². The van der Waals surface area contributed by atoms with Crippen molar-refractivity contribution in [2.24, 2.45) is 23.2 Å². The molecule has 103 heavy (non-hydrogen) atoms. The van der Waals surface area contributed by atoms with Gasteiger partial charge in [-0.3, -0.25) is 38.5 Å². The maximum Gasteiger partial charge on any atom is 0.246 e. The molecule has 12 rings (SSSR count). The number of anilines is 3. The van der Waals surface area contributed by atoms with Gasteiger partial charge in [0, 0.05) is 128 Å². The Morgan fingerprint density at radius 2 is 1.47 bits per heavy atom. The fraction of sp³-hybridized carbons (Fsp3) is 0.628. The third-order valence-corrected chi connectivity index (χ3v) is 23.8. The number of hydrogen-bond acceptors (Lipinski definition) is 16. The highest BCUT2D eigenvalue weighted by molar-refractivity contribution is 5.94. The van der Waals surface area contributed by atoms with Crippen LogP contribution in [-0.4, -0.2) is 199 Å². The molecule has 7 amide bonds. The van der Waals surface area contributed by atoms with Crippen molar-refractivity contribution in [1.82, 2.24) is 66.8 Å². The third-order valence-electron chi connectivity index (χ3n) is 23.8. The van der Waals surface area contributed by atoms with Crippen LogP contribution in [0.5, 0.6) is 0 Å². The molecular weight excluding hydrogens is 1310 g/mol. The van der Waals surface area contributed by atoms with E-state index >= 15 is 8.78 Å². The van der Waals surface area contributed by atoms with Crippen LogP contribution in [0.1, 0.15) is 164 Å². The van der Waals surface area contributed by atoms with Crippen molar-refractivity contribution in [3.8, 4) is 0 Å². The third kappa shape index (κ3) is 19.4. The highest BCUT2D eigenvalue weighted by Crippen LogP contribution is 2.41. The zero-order valence-electron chi connectivity index (χ0n) is 61.2. The number of nitrogens with zero attached hydrogens (tertiary/aromatic N) is 8. The van der Waals surface area contributed by atoms with Crippen molar-refractivity contribution in [2.75, 3.05) is 108 Å². The summed E-state index contributed by atoms with van der Waals surface area (Å²) in [5.74, 6) is -0.139. The summed E-state index contributed by atoms with van der Waals surface area (Å²) in [4.78, 5) is 117. The number of hydrogen-bond donors (Lipinski definition) is 8. The van der Waals surface area contributed by atoms with Crippen molar-refractivity contribution >= 4 is 58.7 Å². The number of benzene rings is 3. The van der Waals surface area contributed by atoms with Crippen molar-refractivity contribution in [2.45, 2.75) is 198 Å². The number of carbonyl (C=O) groups is 7. The van der Waals surface area contributed by atoms with E-state index in [2.05, 4.69) is 111 Å². The average molecular weight is 1420 g/mol. The summed E-state index contributed by atoms with van der Waals surface area (Å²) in [7, 11) is 3.81. The van der Waals surface area contributed by atoms with Gasteiger partial charge < -0.3 is 67.0 Å². The Kier molecular flexibility index (Phi) is 24.6. The molecule has 3 aliphatic carbocycles. The summed E-state index contributed by atoms with van der Waals surface area (Å²) in [6, 6.07) is 18.2. The first-order valence-electron chi connectivity index (χ1n) is 38.2. The molecule has 6 heterocycles. The van der Waals surface area contributed by atoms with Crippen LogP contribution in [-0.2, 0) is 59.6 Å². The molecule has 0 unspecified atom stereocenters. The van der Waals surface area contributed by atoms with Crippen LogP contribution in [0.2, 0.25) is 0 Å². The van der Waals surface area contributed by atoms with Gasteiger partial charge in [-0.05, 0) is 163 Å². The quantitative estimate of drug-likeness (QED) is 0.0319. The number of piperazine rings is 1. The van der Waals surface area contributed by atoms with E-state index in [9.17, 15) is 33.6 Å². The van der Waals surface area contributed by atoms with Gasteiger partial charge in [0.25, 0.3) is 0 Å². The number of nitrogens with one attached hydrogen (secondary N) is 8. The molecule has 7 fully saturated rings. The first kappa shape index (κ1) is 74.8. The van der Waals surface area contributed by atoms with E-state index in [-0.39, 0.29) is 96.8 Å². The predicted molar refractivity (Wildman–Crippen MR) is 392 cm³/mol. The summed E-state index contributed by atoms with van der Waals surface area (Å²) < 4.78 is 31.4. The number of carbonyl (C=O) groups excluding carboxylic acids is 7. The van der Waals surface area contributed by atoms with Crippen LogP contribution < -0.4 is 52.3 Å². The first-order chi connectivity index (χ1) is 49.6. The van der Waals surface area contributed by atoms with Crippen LogP contribution in [0.3, 0.4) is 0 Å². The van der Waals surface area contributed by atoms with Crippen molar-refractivity contribution < 1.29 is 42.3 Å². The van der Waals surface area contributed by atoms with E-state index in [0.717, 1.165) is 126 Å². The summed E-state index contributed by atoms with van der Waals surface area (Å²) in [5.41, 5.74) is 4.43. The summed E-state index contributed by atoms with van der Waals surface area (Å²) in [6.07, 6.45) is 14.7. The molecule has 23 nitrogen and oxygen atoms in total. The second kappa shape index (κ2) is 33.9. The van der Waals surface area contributed by atoms with Gasteiger partial charge in [0.05, 0.1) is 29.9 Å². The number of rotatable bonds is 27. The molecule has 5 aliphatic heterocycles. The Morgan fingerprint density at radius 1 is 0.738 bits per heavy atom. The molecule has 25 heteroatoms. The Bertz CT molecular complexity index is 3640. The van der Waals surface area contributed by atoms with Crippen molar-refractivity contribution in [3.05, 3.63) is 113 Å². The first-order valence-corrected chi connectivity index (χ1v) is 38.2. The number of piperidine rings is 2. The van der Waals surface area contributed by atoms with E-state index < -0.39 is 41.3 Å². The number of likely N-dealkylation sites (tertiary alicyclic amines) is 3. The smallest absolute Gasteiger partial charge is 0.246 e. The lowest BCUT2D eigenvalue weighted by molar-refractivity contribution is -0.143. The lowest BCUT2D eigenvalue weighted by atomic mass is 9.82. The van der Waals surface area contributed by atoms with Gasteiger partial charge in [0.15, 0.2) is 0 Å².